The van der Waals surface area contributed by atoms with Crippen LogP contribution in [0.4, 0.5) is 15.9 Å². The second-order valence-electron chi connectivity index (χ2n) is 10.8. The summed E-state index contributed by atoms with van der Waals surface area (Å²) in [6, 6.07) is 11.1. The summed E-state index contributed by atoms with van der Waals surface area (Å²) < 4.78 is 16.3. The van der Waals surface area contributed by atoms with Crippen molar-refractivity contribution >= 4 is 45.7 Å². The number of aromatic nitrogens is 4. The van der Waals surface area contributed by atoms with Crippen molar-refractivity contribution in [1.29, 1.82) is 0 Å². The van der Waals surface area contributed by atoms with Crippen LogP contribution in [0.1, 0.15) is 37.3 Å². The van der Waals surface area contributed by atoms with E-state index < -0.39 is 0 Å². The third-order valence-electron chi connectivity index (χ3n) is 8.34. The Kier molecular flexibility index (Phi) is 7.81. The van der Waals surface area contributed by atoms with Gasteiger partial charge in [-0.05, 0) is 57.0 Å². The van der Waals surface area contributed by atoms with Crippen molar-refractivity contribution in [3.63, 3.8) is 0 Å². The standard InChI is InChI=1S/C29H33Cl2FN8/c1-38-11-13-39(14-12-38)19-6-8-20(9-7-19)40-29-26(28(33)35-17-36-29)27(37-40)18-5-10-25(23(31)15-18)34-16-21-22(30)3-2-4-24(21)32/h2-5,10,15,17,19-20,34H,6-9,11-14,16H2,1H3,(H2,33,35,36). The van der Waals surface area contributed by atoms with Gasteiger partial charge in [-0.2, -0.15) is 5.10 Å². The fourth-order valence-electron chi connectivity index (χ4n) is 6.00. The largest absolute Gasteiger partial charge is 0.383 e. The lowest BCUT2D eigenvalue weighted by molar-refractivity contribution is 0.0815. The molecule has 2 fully saturated rings. The molecular weight excluding hydrogens is 550 g/mol. The van der Waals surface area contributed by atoms with E-state index in [2.05, 4.69) is 32.1 Å². The second kappa shape index (κ2) is 11.5. The summed E-state index contributed by atoms with van der Waals surface area (Å²) >= 11 is 12.9. The van der Waals surface area contributed by atoms with Crippen LogP contribution in [0, 0.1) is 5.82 Å². The van der Waals surface area contributed by atoms with Crippen LogP contribution in [0.25, 0.3) is 22.3 Å². The number of anilines is 2. The van der Waals surface area contributed by atoms with Crippen LogP contribution < -0.4 is 11.1 Å². The first-order valence-corrected chi connectivity index (χ1v) is 14.5. The summed E-state index contributed by atoms with van der Waals surface area (Å²) in [7, 11) is 2.20. The van der Waals surface area contributed by atoms with Gasteiger partial charge < -0.3 is 16.0 Å². The van der Waals surface area contributed by atoms with E-state index >= 15 is 0 Å². The maximum Gasteiger partial charge on any atom is 0.164 e. The SMILES string of the molecule is CN1CCN(C2CCC(n3nc(-c4ccc(NCc5c(F)cccc5Cl)c(Cl)c4)c4c(N)ncnc43)CC2)CC1. The Morgan fingerprint density at radius 3 is 2.45 bits per heavy atom. The van der Waals surface area contributed by atoms with E-state index in [1.807, 2.05) is 22.9 Å². The highest BCUT2D eigenvalue weighted by atomic mass is 35.5. The zero-order chi connectivity index (χ0) is 27.8. The number of fused-ring (bicyclic) bond motifs is 1. The molecule has 1 saturated heterocycles. The zero-order valence-corrected chi connectivity index (χ0v) is 24.0. The predicted octanol–water partition coefficient (Wildman–Crippen LogP) is 5.86. The van der Waals surface area contributed by atoms with Gasteiger partial charge in [-0.25, -0.2) is 19.0 Å². The topological polar surface area (TPSA) is 88.1 Å². The lowest BCUT2D eigenvalue weighted by Gasteiger charge is -2.41. The third-order valence-corrected chi connectivity index (χ3v) is 9.01. The highest BCUT2D eigenvalue weighted by Crippen LogP contribution is 2.38. The number of halogens is 3. The molecule has 1 aliphatic carbocycles. The van der Waals surface area contributed by atoms with Crippen LogP contribution in [0.5, 0.6) is 0 Å². The van der Waals surface area contributed by atoms with Crippen molar-refractivity contribution in [2.24, 2.45) is 0 Å². The molecule has 0 bridgehead atoms. The number of hydrogen-bond donors (Lipinski definition) is 2. The van der Waals surface area contributed by atoms with E-state index in [4.69, 9.17) is 34.0 Å². The van der Waals surface area contributed by atoms with Gasteiger partial charge in [-0.1, -0.05) is 35.3 Å². The van der Waals surface area contributed by atoms with Gasteiger partial charge in [0.15, 0.2) is 5.65 Å². The molecule has 0 atom stereocenters. The van der Waals surface area contributed by atoms with Crippen LogP contribution in [0.3, 0.4) is 0 Å². The Labute approximate surface area is 243 Å². The van der Waals surface area contributed by atoms with E-state index in [9.17, 15) is 4.39 Å². The molecule has 2 aliphatic rings. The molecule has 0 unspecified atom stereocenters. The number of nitrogens with two attached hydrogens (primary N) is 1. The van der Waals surface area contributed by atoms with Gasteiger partial charge in [0.2, 0.25) is 0 Å². The van der Waals surface area contributed by atoms with Crippen molar-refractivity contribution < 1.29 is 4.39 Å². The van der Waals surface area contributed by atoms with E-state index in [1.165, 1.54) is 12.4 Å². The van der Waals surface area contributed by atoms with E-state index in [-0.39, 0.29) is 18.4 Å². The first-order chi connectivity index (χ1) is 19.4. The summed E-state index contributed by atoms with van der Waals surface area (Å²) in [6.45, 7) is 4.76. The molecule has 6 rings (SSSR count). The normalized spacial score (nSPS) is 20.7. The fraction of sp³-hybridized carbons (Fsp3) is 0.414. The summed E-state index contributed by atoms with van der Waals surface area (Å²) in [5.41, 5.74) is 9.70. The molecular formula is C29H33Cl2FN8. The van der Waals surface area contributed by atoms with Crippen molar-refractivity contribution in [3.05, 3.63) is 64.2 Å². The van der Waals surface area contributed by atoms with Crippen molar-refractivity contribution in [2.45, 2.75) is 44.3 Å². The van der Waals surface area contributed by atoms with Crippen molar-refractivity contribution in [2.75, 3.05) is 44.3 Å². The number of nitrogen functional groups attached to an aromatic ring is 1. The number of hydrogen-bond acceptors (Lipinski definition) is 7. The second-order valence-corrected chi connectivity index (χ2v) is 11.6. The summed E-state index contributed by atoms with van der Waals surface area (Å²) in [5.74, 6) is 0.0303. The van der Waals surface area contributed by atoms with Gasteiger partial charge in [-0.3, -0.25) is 4.90 Å². The summed E-state index contributed by atoms with van der Waals surface area (Å²) in [4.78, 5) is 13.9. The molecule has 3 heterocycles. The quantitative estimate of drug-likeness (QED) is 0.294. The molecule has 11 heteroatoms. The van der Waals surface area contributed by atoms with Crippen LogP contribution in [-0.4, -0.2) is 68.8 Å². The first-order valence-electron chi connectivity index (χ1n) is 13.8. The van der Waals surface area contributed by atoms with Crippen LogP contribution in [-0.2, 0) is 6.54 Å². The van der Waals surface area contributed by atoms with Gasteiger partial charge in [-0.15, -0.1) is 0 Å². The molecule has 0 radical (unpaired) electrons. The minimum atomic E-state index is -0.363. The molecule has 2 aromatic heterocycles. The monoisotopic (exact) mass is 582 g/mol. The molecule has 8 nitrogen and oxygen atoms in total. The molecule has 1 aliphatic heterocycles. The Morgan fingerprint density at radius 1 is 0.975 bits per heavy atom. The number of nitrogens with zero attached hydrogens (tertiary/aromatic N) is 6. The lowest BCUT2D eigenvalue weighted by Crippen LogP contribution is -2.49. The van der Waals surface area contributed by atoms with Gasteiger partial charge in [0.1, 0.15) is 23.7 Å². The van der Waals surface area contributed by atoms with E-state index in [0.29, 0.717) is 38.8 Å². The Balaban J connectivity index is 1.23. The maximum atomic E-state index is 14.2. The number of benzene rings is 2. The first kappa shape index (κ1) is 27.2. The fourth-order valence-corrected chi connectivity index (χ4v) is 6.47. The zero-order valence-electron chi connectivity index (χ0n) is 22.5. The number of piperazine rings is 1. The van der Waals surface area contributed by atoms with E-state index in [0.717, 1.165) is 68.5 Å². The van der Waals surface area contributed by atoms with Gasteiger partial charge >= 0.3 is 0 Å². The van der Waals surface area contributed by atoms with Crippen LogP contribution in [0.15, 0.2) is 42.7 Å². The number of nitrogens with one attached hydrogen (secondary N) is 1. The highest BCUT2D eigenvalue weighted by molar-refractivity contribution is 6.33. The van der Waals surface area contributed by atoms with Gasteiger partial charge in [0.25, 0.3) is 0 Å². The predicted molar refractivity (Wildman–Crippen MR) is 159 cm³/mol. The van der Waals surface area contributed by atoms with Crippen LogP contribution in [0.2, 0.25) is 10.0 Å². The molecule has 3 N–H and O–H groups in total. The molecule has 1 saturated carbocycles. The molecule has 4 aromatic rings. The Morgan fingerprint density at radius 2 is 1.73 bits per heavy atom. The van der Waals surface area contributed by atoms with E-state index in [1.54, 1.807) is 12.1 Å². The summed E-state index contributed by atoms with van der Waals surface area (Å²) in [5, 5.41) is 9.82. The highest BCUT2D eigenvalue weighted by Gasteiger charge is 2.30. The van der Waals surface area contributed by atoms with Gasteiger partial charge in [0.05, 0.1) is 22.1 Å². The third kappa shape index (κ3) is 5.35. The molecule has 0 amide bonds. The minimum absolute atomic E-state index is 0.208. The average molecular weight is 584 g/mol. The minimum Gasteiger partial charge on any atom is -0.383 e. The molecule has 0 spiro atoms. The Hall–Kier alpha value is -2.98. The molecule has 2 aromatic carbocycles. The Bertz CT molecular complexity index is 1490. The molecule has 210 valence electrons. The van der Waals surface area contributed by atoms with Gasteiger partial charge in [0, 0.05) is 54.9 Å². The van der Waals surface area contributed by atoms with Crippen molar-refractivity contribution in [1.82, 2.24) is 29.5 Å². The van der Waals surface area contributed by atoms with Crippen LogP contribution >= 0.6 is 23.2 Å². The lowest BCUT2D eigenvalue weighted by atomic mass is 9.90. The van der Waals surface area contributed by atoms with Crippen molar-refractivity contribution in [3.8, 4) is 11.3 Å². The average Bonchev–Trinajstić information content (AvgIpc) is 3.35. The maximum absolute atomic E-state index is 14.2. The molecule has 40 heavy (non-hydrogen) atoms. The number of rotatable bonds is 6. The smallest absolute Gasteiger partial charge is 0.164 e. The number of likely N-dealkylation sites (N-methyl/N-ethyl adjacent to an activating group) is 1. The summed E-state index contributed by atoms with van der Waals surface area (Å²) in [6.07, 6.45) is 5.87.